The van der Waals surface area contributed by atoms with Crippen molar-refractivity contribution in [3.8, 4) is 11.5 Å². The van der Waals surface area contributed by atoms with Crippen molar-refractivity contribution >= 4 is 15.7 Å². The van der Waals surface area contributed by atoms with Crippen LogP contribution in [0.4, 0.5) is 0 Å². The Morgan fingerprint density at radius 1 is 1.14 bits per heavy atom. The average molecular weight is 416 g/mol. The van der Waals surface area contributed by atoms with Crippen LogP contribution in [-0.2, 0) is 14.6 Å². The van der Waals surface area contributed by atoms with Gasteiger partial charge in [-0.05, 0) is 36.6 Å². The van der Waals surface area contributed by atoms with Gasteiger partial charge < -0.3 is 14.8 Å². The third kappa shape index (κ3) is 4.22. The number of amides is 1. The molecule has 1 amide bonds. The van der Waals surface area contributed by atoms with Crippen molar-refractivity contribution < 1.29 is 22.7 Å². The van der Waals surface area contributed by atoms with Gasteiger partial charge in [0, 0.05) is 30.9 Å². The monoisotopic (exact) mass is 416 g/mol. The minimum absolute atomic E-state index is 0.00218. The van der Waals surface area contributed by atoms with Crippen LogP contribution in [0.15, 0.2) is 47.6 Å². The van der Waals surface area contributed by atoms with E-state index in [2.05, 4.69) is 10.3 Å². The van der Waals surface area contributed by atoms with Gasteiger partial charge in [-0.2, -0.15) is 0 Å². The Morgan fingerprint density at radius 2 is 1.93 bits per heavy atom. The molecule has 1 saturated carbocycles. The Hall–Kier alpha value is -2.61. The maximum Gasteiger partial charge on any atom is 0.231 e. The molecule has 1 N–H and O–H groups in total. The second-order valence-electron chi connectivity index (χ2n) is 7.42. The highest BCUT2D eigenvalue weighted by molar-refractivity contribution is 7.91. The molecule has 8 heteroatoms. The molecule has 1 atom stereocenters. The number of nitrogens with one attached hydrogen (secondary N) is 1. The predicted octanol–water partition coefficient (Wildman–Crippen LogP) is 3.02. The molecule has 154 valence electrons. The summed E-state index contributed by atoms with van der Waals surface area (Å²) in [4.78, 5) is 16.8. The fourth-order valence-electron chi connectivity index (χ4n) is 3.89. The zero-order valence-electron chi connectivity index (χ0n) is 16.0. The van der Waals surface area contributed by atoms with Crippen LogP contribution >= 0.6 is 0 Å². The van der Waals surface area contributed by atoms with E-state index in [9.17, 15) is 13.2 Å². The second-order valence-corrected chi connectivity index (χ2v) is 9.55. The molecule has 1 aliphatic heterocycles. The molecule has 2 aromatic rings. The summed E-state index contributed by atoms with van der Waals surface area (Å²) in [5.74, 6) is 0.820. The van der Waals surface area contributed by atoms with Gasteiger partial charge >= 0.3 is 0 Å². The van der Waals surface area contributed by atoms with Crippen LogP contribution in [0.2, 0.25) is 0 Å². The maximum atomic E-state index is 13.4. The molecule has 4 rings (SSSR count). The molecule has 0 spiro atoms. The number of nitrogens with zero attached hydrogens (tertiary/aromatic N) is 1. The summed E-state index contributed by atoms with van der Waals surface area (Å²) in [6.07, 6.45) is 8.08. The van der Waals surface area contributed by atoms with Gasteiger partial charge in [-0.25, -0.2) is 8.42 Å². The number of fused-ring (bicyclic) bond motifs is 1. The lowest BCUT2D eigenvalue weighted by Crippen LogP contribution is -2.36. The lowest BCUT2D eigenvalue weighted by atomic mass is 9.88. The standard InChI is InChI=1S/C21H24N2O5S/c24-21(15-5-2-1-3-6-15)23-13-20(16-7-4-10-22-12-16)29(25,26)17-8-9-18-19(11-17)28-14-27-18/h4,7-12,15,20H,1-3,5-6,13-14H2,(H,23,24)/t20-/m0/s1. The van der Waals surface area contributed by atoms with Crippen LogP contribution in [0.3, 0.4) is 0 Å². The van der Waals surface area contributed by atoms with E-state index in [0.29, 0.717) is 17.1 Å². The first-order valence-electron chi connectivity index (χ1n) is 9.87. The number of aromatic nitrogens is 1. The Kier molecular flexibility index (Phi) is 5.71. The Morgan fingerprint density at radius 3 is 2.69 bits per heavy atom. The van der Waals surface area contributed by atoms with Gasteiger partial charge in [0.15, 0.2) is 21.3 Å². The van der Waals surface area contributed by atoms with E-state index in [4.69, 9.17) is 9.47 Å². The number of ether oxygens (including phenoxy) is 2. The molecule has 29 heavy (non-hydrogen) atoms. The first-order valence-corrected chi connectivity index (χ1v) is 11.4. The molecule has 1 aromatic carbocycles. The van der Waals surface area contributed by atoms with Crippen molar-refractivity contribution in [2.24, 2.45) is 5.92 Å². The van der Waals surface area contributed by atoms with Crippen LogP contribution in [0.25, 0.3) is 0 Å². The fraction of sp³-hybridized carbons (Fsp3) is 0.429. The third-order valence-corrected chi connectivity index (χ3v) is 7.64. The largest absolute Gasteiger partial charge is 0.454 e. The van der Waals surface area contributed by atoms with Gasteiger partial charge in [-0.1, -0.05) is 25.3 Å². The highest BCUT2D eigenvalue weighted by atomic mass is 32.2. The van der Waals surface area contributed by atoms with Crippen LogP contribution in [0, 0.1) is 5.92 Å². The Bertz CT molecular complexity index is 972. The van der Waals surface area contributed by atoms with Crippen LogP contribution < -0.4 is 14.8 Å². The predicted molar refractivity (Wildman–Crippen MR) is 106 cm³/mol. The van der Waals surface area contributed by atoms with Crippen molar-refractivity contribution in [2.45, 2.75) is 42.2 Å². The summed E-state index contributed by atoms with van der Waals surface area (Å²) >= 11 is 0. The van der Waals surface area contributed by atoms with Gasteiger partial charge in [0.2, 0.25) is 12.7 Å². The maximum absolute atomic E-state index is 13.4. The van der Waals surface area contributed by atoms with E-state index in [-0.39, 0.29) is 30.1 Å². The Balaban J connectivity index is 1.59. The minimum atomic E-state index is -3.79. The quantitative estimate of drug-likeness (QED) is 0.778. The number of carbonyl (C=O) groups excluding carboxylic acids is 1. The smallest absolute Gasteiger partial charge is 0.231 e. The van der Waals surface area contributed by atoms with Crippen molar-refractivity contribution in [1.82, 2.24) is 10.3 Å². The van der Waals surface area contributed by atoms with E-state index in [1.165, 1.54) is 18.3 Å². The number of sulfone groups is 1. The van der Waals surface area contributed by atoms with Gasteiger partial charge in [-0.3, -0.25) is 9.78 Å². The average Bonchev–Trinajstić information content (AvgIpc) is 3.23. The normalized spacial score (nSPS) is 17.7. The zero-order valence-corrected chi connectivity index (χ0v) is 16.9. The molecule has 1 fully saturated rings. The number of hydrogen-bond acceptors (Lipinski definition) is 6. The molecule has 0 radical (unpaired) electrons. The summed E-state index contributed by atoms with van der Waals surface area (Å²) in [7, 11) is -3.79. The van der Waals surface area contributed by atoms with Crippen molar-refractivity contribution in [3.63, 3.8) is 0 Å². The highest BCUT2D eigenvalue weighted by Gasteiger charge is 2.32. The second kappa shape index (κ2) is 8.41. The van der Waals surface area contributed by atoms with Crippen LogP contribution in [-0.4, -0.2) is 32.6 Å². The molecule has 0 unspecified atom stereocenters. The molecule has 1 aliphatic carbocycles. The lowest BCUT2D eigenvalue weighted by Gasteiger charge is -2.23. The lowest BCUT2D eigenvalue weighted by molar-refractivity contribution is -0.125. The number of benzene rings is 1. The van der Waals surface area contributed by atoms with Crippen molar-refractivity contribution in [1.29, 1.82) is 0 Å². The number of hydrogen-bond donors (Lipinski definition) is 1. The number of carbonyl (C=O) groups is 1. The summed E-state index contributed by atoms with van der Waals surface area (Å²) < 4.78 is 37.5. The van der Waals surface area contributed by atoms with Crippen molar-refractivity contribution in [2.75, 3.05) is 13.3 Å². The third-order valence-electron chi connectivity index (χ3n) is 5.54. The number of pyridine rings is 1. The van der Waals surface area contributed by atoms with Gasteiger partial charge in [0.05, 0.1) is 4.90 Å². The summed E-state index contributed by atoms with van der Waals surface area (Å²) in [5.41, 5.74) is 0.536. The van der Waals surface area contributed by atoms with E-state index in [1.807, 2.05) is 0 Å². The van der Waals surface area contributed by atoms with Gasteiger partial charge in [0.1, 0.15) is 5.25 Å². The van der Waals surface area contributed by atoms with Gasteiger partial charge in [-0.15, -0.1) is 0 Å². The fourth-order valence-corrected chi connectivity index (χ4v) is 5.55. The molecule has 2 heterocycles. The molecular formula is C21H24N2O5S. The first kappa shape index (κ1) is 19.7. The molecule has 7 nitrogen and oxygen atoms in total. The Labute approximate surface area is 170 Å². The van der Waals surface area contributed by atoms with E-state index in [0.717, 1.165) is 32.1 Å². The van der Waals surface area contributed by atoms with Crippen LogP contribution in [0.5, 0.6) is 11.5 Å². The topological polar surface area (TPSA) is 94.6 Å². The molecule has 0 saturated heterocycles. The van der Waals surface area contributed by atoms with E-state index in [1.54, 1.807) is 24.4 Å². The molecular weight excluding hydrogens is 392 g/mol. The van der Waals surface area contributed by atoms with E-state index < -0.39 is 15.1 Å². The van der Waals surface area contributed by atoms with Crippen molar-refractivity contribution in [3.05, 3.63) is 48.3 Å². The number of rotatable bonds is 6. The molecule has 2 aliphatic rings. The minimum Gasteiger partial charge on any atom is -0.454 e. The molecule has 0 bridgehead atoms. The first-order chi connectivity index (χ1) is 14.1. The molecule has 1 aromatic heterocycles. The summed E-state index contributed by atoms with van der Waals surface area (Å²) in [5, 5.41) is 1.94. The van der Waals surface area contributed by atoms with Gasteiger partial charge in [0.25, 0.3) is 0 Å². The summed E-state index contributed by atoms with van der Waals surface area (Å²) in [6, 6.07) is 7.99. The highest BCUT2D eigenvalue weighted by Crippen LogP contribution is 2.37. The SMILES string of the molecule is O=C(NC[C@@H](c1cccnc1)S(=O)(=O)c1ccc2c(c1)OCO2)C1CCCCC1. The zero-order chi connectivity index (χ0) is 20.3. The van der Waals surface area contributed by atoms with E-state index >= 15 is 0 Å². The summed E-state index contributed by atoms with van der Waals surface area (Å²) in [6.45, 7) is 0.0696. The van der Waals surface area contributed by atoms with Crippen LogP contribution in [0.1, 0.15) is 42.9 Å².